The van der Waals surface area contributed by atoms with E-state index >= 15 is 0 Å². The van der Waals surface area contributed by atoms with Crippen molar-refractivity contribution in [2.45, 2.75) is 40.5 Å². The van der Waals surface area contributed by atoms with Crippen molar-refractivity contribution in [3.63, 3.8) is 0 Å². The minimum atomic E-state index is 0.0768. The zero-order valence-corrected chi connectivity index (χ0v) is 19.7. The highest BCUT2D eigenvalue weighted by molar-refractivity contribution is 5.93. The molecule has 0 aliphatic rings. The van der Waals surface area contributed by atoms with Crippen molar-refractivity contribution in [3.8, 4) is 0 Å². The average Bonchev–Trinajstić information content (AvgIpc) is 3.32. The van der Waals surface area contributed by atoms with Gasteiger partial charge in [-0.1, -0.05) is 80.8 Å². The summed E-state index contributed by atoms with van der Waals surface area (Å²) in [6.45, 7) is 15.7. The second-order valence-electron chi connectivity index (χ2n) is 8.21. The fraction of sp³-hybridized carbons (Fsp3) is 0.241. The van der Waals surface area contributed by atoms with E-state index in [-0.39, 0.29) is 5.78 Å². The maximum atomic E-state index is 11.5. The number of carbonyl (C=O) groups is 1. The molecule has 2 rings (SSSR count). The van der Waals surface area contributed by atoms with Gasteiger partial charge in [-0.2, -0.15) is 5.10 Å². The smallest absolute Gasteiger partial charge is 0.155 e. The summed E-state index contributed by atoms with van der Waals surface area (Å²) in [7, 11) is 0. The molecule has 0 saturated carbocycles. The molecule has 2 aromatic rings. The summed E-state index contributed by atoms with van der Waals surface area (Å²) in [6, 6.07) is 10.5. The molecule has 0 saturated heterocycles. The molecule has 1 heterocycles. The van der Waals surface area contributed by atoms with Crippen LogP contribution >= 0.6 is 0 Å². The van der Waals surface area contributed by atoms with Gasteiger partial charge in [-0.05, 0) is 79.0 Å². The molecule has 0 aliphatic carbocycles. The number of nitrogens with zero attached hydrogens (tertiary/aromatic N) is 1. The zero-order valence-electron chi connectivity index (χ0n) is 19.7. The van der Waals surface area contributed by atoms with Crippen LogP contribution in [0.4, 0.5) is 0 Å². The molecule has 1 aromatic carbocycles. The van der Waals surface area contributed by atoms with Gasteiger partial charge in [0, 0.05) is 6.20 Å². The van der Waals surface area contributed by atoms with E-state index in [1.807, 2.05) is 37.3 Å². The number of benzene rings is 1. The molecule has 0 amide bonds. The first-order valence-corrected chi connectivity index (χ1v) is 10.9. The molecule has 0 spiro atoms. The van der Waals surface area contributed by atoms with Crippen molar-refractivity contribution in [1.82, 2.24) is 10.2 Å². The van der Waals surface area contributed by atoms with Crippen molar-refractivity contribution >= 4 is 16.9 Å². The quantitative estimate of drug-likeness (QED) is 0.303. The lowest BCUT2D eigenvalue weighted by molar-refractivity contribution is -0.113. The molecule has 0 radical (unpaired) electrons. The Labute approximate surface area is 192 Å². The number of nitrogens with one attached hydrogen (secondary N) is 1. The number of hydrogen-bond acceptors (Lipinski definition) is 2. The first kappa shape index (κ1) is 24.8. The van der Waals surface area contributed by atoms with Crippen LogP contribution in [-0.2, 0) is 11.2 Å². The van der Waals surface area contributed by atoms with E-state index in [1.165, 1.54) is 11.1 Å². The Hall–Kier alpha value is -3.46. The monoisotopic (exact) mass is 426 g/mol. The minimum Gasteiger partial charge on any atom is -0.295 e. The predicted molar refractivity (Wildman–Crippen MR) is 137 cm³/mol. The molecule has 166 valence electrons. The number of ketones is 1. The van der Waals surface area contributed by atoms with Gasteiger partial charge in [0.1, 0.15) is 0 Å². The standard InChI is InChI=1S/C29H34N2O/c1-7-25(14-12-23(5)29-16-17-30-31-29)18-21(3)19-26-10-9-11-28(20-26)27(8-2)15-13-22(4)24(6)32/h7-17,20-21H,1-2,18-19H2,3-6H3,(H,30,31)/b22-13+,23-12+,25-14+,27-15+. The highest BCUT2D eigenvalue weighted by Crippen LogP contribution is 2.22. The molecular formula is C29H34N2O. The van der Waals surface area contributed by atoms with Crippen LogP contribution in [0.25, 0.3) is 11.1 Å². The molecule has 3 nitrogen and oxygen atoms in total. The number of Topliss-reactive ketones (excluding diaryl/α,β-unsaturated/α-hetero) is 1. The number of H-pyrrole nitrogens is 1. The summed E-state index contributed by atoms with van der Waals surface area (Å²) in [6.07, 6.45) is 15.5. The van der Waals surface area contributed by atoms with Crippen LogP contribution < -0.4 is 0 Å². The van der Waals surface area contributed by atoms with Gasteiger partial charge >= 0.3 is 0 Å². The van der Waals surface area contributed by atoms with Crippen LogP contribution in [-0.4, -0.2) is 16.0 Å². The van der Waals surface area contributed by atoms with Crippen LogP contribution in [0.1, 0.15) is 50.9 Å². The van der Waals surface area contributed by atoms with Crippen molar-refractivity contribution < 1.29 is 4.79 Å². The Morgan fingerprint density at radius 3 is 2.47 bits per heavy atom. The second-order valence-corrected chi connectivity index (χ2v) is 8.21. The summed E-state index contributed by atoms with van der Waals surface area (Å²) in [5, 5.41) is 6.99. The summed E-state index contributed by atoms with van der Waals surface area (Å²) in [5.41, 5.74) is 7.50. The van der Waals surface area contributed by atoms with E-state index in [4.69, 9.17) is 0 Å². The topological polar surface area (TPSA) is 45.8 Å². The third kappa shape index (κ3) is 7.66. The highest BCUT2D eigenvalue weighted by atomic mass is 16.1. The number of hydrogen-bond donors (Lipinski definition) is 1. The van der Waals surface area contributed by atoms with Gasteiger partial charge in [0.15, 0.2) is 5.78 Å². The lowest BCUT2D eigenvalue weighted by Crippen LogP contribution is -2.01. The van der Waals surface area contributed by atoms with Crippen molar-refractivity contribution in [3.05, 3.63) is 114 Å². The van der Waals surface area contributed by atoms with Gasteiger partial charge in [0.2, 0.25) is 0 Å². The molecule has 0 fully saturated rings. The Kier molecular flexibility index (Phi) is 9.62. The molecule has 1 unspecified atom stereocenters. The van der Waals surface area contributed by atoms with E-state index in [9.17, 15) is 4.79 Å². The molecule has 0 aliphatic heterocycles. The van der Waals surface area contributed by atoms with Gasteiger partial charge in [-0.3, -0.25) is 9.89 Å². The van der Waals surface area contributed by atoms with Crippen molar-refractivity contribution in [2.24, 2.45) is 5.92 Å². The van der Waals surface area contributed by atoms with Crippen LogP contribution in [0.15, 0.2) is 97.3 Å². The van der Waals surface area contributed by atoms with Crippen molar-refractivity contribution in [1.29, 1.82) is 0 Å². The normalized spacial score (nSPS) is 14.2. The molecule has 1 N–H and O–H groups in total. The third-order valence-electron chi connectivity index (χ3n) is 5.45. The molecule has 3 heteroatoms. The number of aromatic nitrogens is 2. The Morgan fingerprint density at radius 2 is 1.84 bits per heavy atom. The van der Waals surface area contributed by atoms with Gasteiger partial charge in [0.25, 0.3) is 0 Å². The predicted octanol–water partition coefficient (Wildman–Crippen LogP) is 7.30. The molecule has 32 heavy (non-hydrogen) atoms. The van der Waals surface area contributed by atoms with E-state index < -0.39 is 0 Å². The zero-order chi connectivity index (χ0) is 23.5. The van der Waals surface area contributed by atoms with Crippen LogP contribution in [0, 0.1) is 5.92 Å². The molecule has 0 bridgehead atoms. The van der Waals surface area contributed by atoms with Crippen LogP contribution in [0.2, 0.25) is 0 Å². The maximum Gasteiger partial charge on any atom is 0.155 e. The van der Waals surface area contributed by atoms with E-state index in [1.54, 1.807) is 13.1 Å². The van der Waals surface area contributed by atoms with Gasteiger partial charge < -0.3 is 0 Å². The summed E-state index contributed by atoms with van der Waals surface area (Å²) >= 11 is 0. The number of carbonyl (C=O) groups excluding carboxylic acids is 1. The number of rotatable bonds is 11. The fourth-order valence-corrected chi connectivity index (χ4v) is 3.39. The molecular weight excluding hydrogens is 392 g/mol. The Balaban J connectivity index is 2.11. The van der Waals surface area contributed by atoms with E-state index in [0.29, 0.717) is 5.92 Å². The lowest BCUT2D eigenvalue weighted by Gasteiger charge is -2.13. The van der Waals surface area contributed by atoms with Gasteiger partial charge in [-0.25, -0.2) is 0 Å². The fourth-order valence-electron chi connectivity index (χ4n) is 3.39. The first-order valence-electron chi connectivity index (χ1n) is 10.9. The maximum absolute atomic E-state index is 11.5. The molecule has 1 atom stereocenters. The van der Waals surface area contributed by atoms with Crippen molar-refractivity contribution in [2.75, 3.05) is 0 Å². The van der Waals surface area contributed by atoms with E-state index in [2.05, 4.69) is 73.6 Å². The number of aromatic amines is 1. The summed E-state index contributed by atoms with van der Waals surface area (Å²) < 4.78 is 0. The van der Waals surface area contributed by atoms with Gasteiger partial charge in [-0.15, -0.1) is 0 Å². The summed E-state index contributed by atoms with van der Waals surface area (Å²) in [5.74, 6) is 0.541. The van der Waals surface area contributed by atoms with E-state index in [0.717, 1.165) is 40.8 Å². The second kappa shape index (κ2) is 12.4. The lowest BCUT2D eigenvalue weighted by atomic mass is 9.92. The SMILES string of the molecule is C=C/C(=C\C=C(/C)c1ccn[nH]1)CC(C)Cc1cccc(/C(C=C)=C/C=C(\C)C(C)=O)c1. The van der Waals surface area contributed by atoms with Crippen LogP contribution in [0.3, 0.4) is 0 Å². The minimum absolute atomic E-state index is 0.0768. The Morgan fingerprint density at radius 1 is 1.06 bits per heavy atom. The highest BCUT2D eigenvalue weighted by Gasteiger charge is 2.07. The van der Waals surface area contributed by atoms with Gasteiger partial charge in [0.05, 0.1) is 5.69 Å². The van der Waals surface area contributed by atoms with Crippen LogP contribution in [0.5, 0.6) is 0 Å². The summed E-state index contributed by atoms with van der Waals surface area (Å²) in [4.78, 5) is 11.5. The first-order chi connectivity index (χ1) is 15.3. The molecule has 1 aromatic heterocycles. The average molecular weight is 427 g/mol. The third-order valence-corrected chi connectivity index (χ3v) is 5.45. The Bertz CT molecular complexity index is 1060. The number of allylic oxidation sites excluding steroid dienone is 10. The largest absolute Gasteiger partial charge is 0.295 e.